The SMILES string of the molecule is Cc1cc(N2CCC2)nc(CN2C(O)O[C@H](c3cc(F)cc(C(F)(F)F)c3)[C@@H]2C)c1-c1cc(C2CCC(C(=O)O)CC2)ccc1O. The van der Waals surface area contributed by atoms with Gasteiger partial charge in [0, 0.05) is 36.8 Å². The molecule has 1 aliphatic carbocycles. The van der Waals surface area contributed by atoms with Gasteiger partial charge in [0.25, 0.3) is 0 Å². The van der Waals surface area contributed by atoms with E-state index < -0.39 is 42.1 Å². The molecule has 3 atom stereocenters. The Morgan fingerprint density at radius 2 is 1.76 bits per heavy atom. The number of phenolic OH excluding ortho intramolecular Hbond substituents is 1. The second kappa shape index (κ2) is 12.5. The zero-order valence-corrected chi connectivity index (χ0v) is 25.6. The highest BCUT2D eigenvalue weighted by Crippen LogP contribution is 2.43. The molecule has 2 saturated heterocycles. The summed E-state index contributed by atoms with van der Waals surface area (Å²) in [5, 5.41) is 31.6. The number of hydrogen-bond acceptors (Lipinski definition) is 7. The number of aliphatic hydroxyl groups is 1. The number of carboxylic acid groups (broad SMARTS) is 1. The molecule has 6 rings (SSSR count). The molecular formula is C34H37F4N3O5. The summed E-state index contributed by atoms with van der Waals surface area (Å²) in [5.41, 5.74) is 2.39. The number of aliphatic carboxylic acids is 1. The molecule has 0 bridgehead atoms. The monoisotopic (exact) mass is 643 g/mol. The number of pyridine rings is 1. The van der Waals surface area contributed by atoms with Crippen molar-refractivity contribution < 1.29 is 42.4 Å². The van der Waals surface area contributed by atoms with Crippen LogP contribution >= 0.6 is 0 Å². The number of aliphatic hydroxyl groups excluding tert-OH is 1. The van der Waals surface area contributed by atoms with Crippen molar-refractivity contribution in [3.05, 3.63) is 76.2 Å². The minimum absolute atomic E-state index is 0.0333. The van der Waals surface area contributed by atoms with Crippen LogP contribution in [0.15, 0.2) is 42.5 Å². The molecule has 1 aromatic heterocycles. The molecule has 2 aliphatic heterocycles. The molecule has 246 valence electrons. The van der Waals surface area contributed by atoms with E-state index in [4.69, 9.17) is 9.72 Å². The Labute approximate surface area is 264 Å². The normalized spacial score (nSPS) is 25.5. The first kappa shape index (κ1) is 32.2. The lowest BCUT2D eigenvalue weighted by molar-refractivity contribution is -0.154. The Bertz CT molecular complexity index is 1620. The summed E-state index contributed by atoms with van der Waals surface area (Å²) in [6, 6.07) is 8.96. The molecule has 8 nitrogen and oxygen atoms in total. The highest BCUT2D eigenvalue weighted by molar-refractivity contribution is 5.77. The number of aromatic nitrogens is 1. The maximum atomic E-state index is 14.3. The number of carboxylic acids is 1. The van der Waals surface area contributed by atoms with Crippen LogP contribution in [0, 0.1) is 18.7 Å². The number of rotatable bonds is 7. The van der Waals surface area contributed by atoms with Gasteiger partial charge in [-0.1, -0.05) is 6.07 Å². The van der Waals surface area contributed by atoms with Crippen molar-refractivity contribution >= 4 is 11.8 Å². The van der Waals surface area contributed by atoms with Gasteiger partial charge in [0.05, 0.1) is 17.2 Å². The number of benzene rings is 2. The first-order chi connectivity index (χ1) is 21.8. The summed E-state index contributed by atoms with van der Waals surface area (Å²) < 4.78 is 60.4. The highest BCUT2D eigenvalue weighted by Gasteiger charge is 2.42. The lowest BCUT2D eigenvalue weighted by Gasteiger charge is -2.34. The number of carbonyl (C=O) groups is 1. The van der Waals surface area contributed by atoms with Gasteiger partial charge in [-0.2, -0.15) is 13.2 Å². The minimum atomic E-state index is -4.75. The number of aromatic hydroxyl groups is 1. The predicted molar refractivity (Wildman–Crippen MR) is 161 cm³/mol. The van der Waals surface area contributed by atoms with Gasteiger partial charge >= 0.3 is 12.1 Å². The van der Waals surface area contributed by atoms with Crippen molar-refractivity contribution in [2.45, 2.75) is 83.2 Å². The van der Waals surface area contributed by atoms with E-state index in [1.807, 2.05) is 25.1 Å². The smallest absolute Gasteiger partial charge is 0.416 e. The molecular weight excluding hydrogens is 606 g/mol. The quantitative estimate of drug-likeness (QED) is 0.244. The molecule has 12 heteroatoms. The van der Waals surface area contributed by atoms with Gasteiger partial charge < -0.3 is 25.0 Å². The van der Waals surface area contributed by atoms with Crippen LogP contribution in [0.5, 0.6) is 5.75 Å². The number of ether oxygens (including phenoxy) is 1. The van der Waals surface area contributed by atoms with E-state index in [2.05, 4.69) is 4.90 Å². The number of aryl methyl sites for hydroxylation is 1. The lowest BCUT2D eigenvalue weighted by atomic mass is 9.78. The Hall–Kier alpha value is -3.74. The minimum Gasteiger partial charge on any atom is -0.507 e. The fourth-order valence-corrected chi connectivity index (χ4v) is 6.98. The Kier molecular flexibility index (Phi) is 8.73. The Morgan fingerprint density at radius 3 is 2.39 bits per heavy atom. The summed E-state index contributed by atoms with van der Waals surface area (Å²) in [7, 11) is 0. The molecule has 0 amide bonds. The van der Waals surface area contributed by atoms with Crippen LogP contribution in [-0.4, -0.2) is 56.7 Å². The molecule has 3 aliphatic rings. The van der Waals surface area contributed by atoms with Gasteiger partial charge in [-0.05, 0) is 105 Å². The van der Waals surface area contributed by atoms with Crippen LogP contribution in [-0.2, 0) is 22.3 Å². The summed E-state index contributed by atoms with van der Waals surface area (Å²) in [6.45, 7) is 5.31. The standard InChI is InChI=1S/C34H37F4N3O5/c1-18-12-29(40-10-3-11-40)39-27(30(18)26-15-22(8-9-28(26)42)20-4-6-21(7-5-20)32(43)44)17-41-19(2)31(46-33(41)45)23-13-24(34(36,37)38)16-25(35)14-23/h8-9,12-16,19-21,31,33,42,45H,3-7,10-11,17H2,1-2H3,(H,43,44)/t19-,20?,21?,31-,33?/m0/s1. The zero-order chi connectivity index (χ0) is 32.9. The molecule has 1 saturated carbocycles. The summed E-state index contributed by atoms with van der Waals surface area (Å²) in [5.74, 6) is -1.27. The van der Waals surface area contributed by atoms with E-state index in [1.165, 1.54) is 0 Å². The fourth-order valence-electron chi connectivity index (χ4n) is 6.98. The van der Waals surface area contributed by atoms with Crippen molar-refractivity contribution in [3.63, 3.8) is 0 Å². The van der Waals surface area contributed by atoms with Crippen molar-refractivity contribution in [3.8, 4) is 16.9 Å². The average molecular weight is 644 g/mol. The molecule has 3 aromatic rings. The number of nitrogens with zero attached hydrogens (tertiary/aromatic N) is 3. The molecule has 3 fully saturated rings. The summed E-state index contributed by atoms with van der Waals surface area (Å²) >= 11 is 0. The van der Waals surface area contributed by atoms with Gasteiger partial charge in [0.2, 0.25) is 6.41 Å². The fraction of sp³-hybridized carbons (Fsp3) is 0.471. The largest absolute Gasteiger partial charge is 0.507 e. The van der Waals surface area contributed by atoms with Crippen molar-refractivity contribution in [2.24, 2.45) is 5.92 Å². The van der Waals surface area contributed by atoms with Gasteiger partial charge in [0.15, 0.2) is 0 Å². The van der Waals surface area contributed by atoms with Gasteiger partial charge in [0.1, 0.15) is 23.5 Å². The number of hydrogen-bond donors (Lipinski definition) is 3. The Morgan fingerprint density at radius 1 is 1.04 bits per heavy atom. The van der Waals surface area contributed by atoms with Crippen LogP contribution in [0.25, 0.3) is 11.1 Å². The van der Waals surface area contributed by atoms with Crippen molar-refractivity contribution in [2.75, 3.05) is 18.0 Å². The molecule has 1 unspecified atom stereocenters. The van der Waals surface area contributed by atoms with Crippen LogP contribution in [0.4, 0.5) is 23.4 Å². The topological polar surface area (TPSA) is 106 Å². The van der Waals surface area contributed by atoms with Crippen LogP contribution in [0.3, 0.4) is 0 Å². The van der Waals surface area contributed by atoms with Gasteiger partial charge in [-0.15, -0.1) is 0 Å². The summed E-state index contributed by atoms with van der Waals surface area (Å²) in [4.78, 5) is 20.1. The van der Waals surface area contributed by atoms with E-state index in [0.717, 1.165) is 48.6 Å². The molecule has 3 N–H and O–H groups in total. The highest BCUT2D eigenvalue weighted by atomic mass is 19.4. The first-order valence-corrected chi connectivity index (χ1v) is 15.6. The maximum absolute atomic E-state index is 14.3. The van der Waals surface area contributed by atoms with Crippen molar-refractivity contribution in [1.29, 1.82) is 0 Å². The number of alkyl halides is 3. The average Bonchev–Trinajstić information content (AvgIpc) is 3.24. The van der Waals surface area contributed by atoms with Gasteiger partial charge in [-0.25, -0.2) is 14.3 Å². The van der Waals surface area contributed by atoms with E-state index in [-0.39, 0.29) is 29.7 Å². The first-order valence-electron chi connectivity index (χ1n) is 15.6. The number of phenols is 1. The third kappa shape index (κ3) is 6.30. The zero-order valence-electron chi connectivity index (χ0n) is 25.6. The van der Waals surface area contributed by atoms with E-state index >= 15 is 0 Å². The molecule has 46 heavy (non-hydrogen) atoms. The van der Waals surface area contributed by atoms with Gasteiger partial charge in [-0.3, -0.25) is 4.79 Å². The maximum Gasteiger partial charge on any atom is 0.416 e. The second-order valence-corrected chi connectivity index (χ2v) is 12.7. The Balaban J connectivity index is 1.35. The molecule has 3 heterocycles. The third-order valence-corrected chi connectivity index (χ3v) is 9.72. The third-order valence-electron chi connectivity index (χ3n) is 9.72. The second-order valence-electron chi connectivity index (χ2n) is 12.7. The number of halogens is 4. The molecule has 0 spiro atoms. The van der Waals surface area contributed by atoms with E-state index in [1.54, 1.807) is 17.9 Å². The van der Waals surface area contributed by atoms with Crippen LogP contribution < -0.4 is 4.90 Å². The van der Waals surface area contributed by atoms with Crippen LogP contribution in [0.2, 0.25) is 0 Å². The molecule has 2 aromatic carbocycles. The van der Waals surface area contributed by atoms with Crippen molar-refractivity contribution in [1.82, 2.24) is 9.88 Å². The van der Waals surface area contributed by atoms with E-state index in [0.29, 0.717) is 48.6 Å². The predicted octanol–water partition coefficient (Wildman–Crippen LogP) is 6.73. The molecule has 0 radical (unpaired) electrons. The van der Waals surface area contributed by atoms with Crippen LogP contribution in [0.1, 0.15) is 79.0 Å². The lowest BCUT2D eigenvalue weighted by Crippen LogP contribution is -2.38. The number of anilines is 1. The van der Waals surface area contributed by atoms with E-state index in [9.17, 15) is 37.7 Å². The summed E-state index contributed by atoms with van der Waals surface area (Å²) in [6.07, 6.45) is -3.70.